The first-order valence-electron chi connectivity index (χ1n) is 9.49. The Morgan fingerprint density at radius 2 is 1.68 bits per heavy atom. The maximum atomic E-state index is 12.4. The maximum absolute atomic E-state index is 12.4. The quantitative estimate of drug-likeness (QED) is 0.672. The van der Waals surface area contributed by atoms with Gasteiger partial charge in [-0.05, 0) is 35.1 Å². The van der Waals surface area contributed by atoms with E-state index >= 15 is 0 Å². The van der Waals surface area contributed by atoms with E-state index < -0.39 is 10.0 Å². The molecule has 0 bridgehead atoms. The third kappa shape index (κ3) is 6.14. The molecule has 0 spiro atoms. The van der Waals surface area contributed by atoms with Crippen molar-refractivity contribution in [3.8, 4) is 0 Å². The van der Waals surface area contributed by atoms with E-state index in [0.29, 0.717) is 5.92 Å². The smallest absolute Gasteiger partial charge is 0.242 e. The van der Waals surface area contributed by atoms with Gasteiger partial charge in [0, 0.05) is 25.4 Å². The Kier molecular flexibility index (Phi) is 7.71. The monoisotopic (exact) mass is 403 g/mol. The van der Waals surface area contributed by atoms with Crippen LogP contribution in [0.5, 0.6) is 0 Å². The number of nitrogens with one attached hydrogen (secondary N) is 2. The molecule has 0 fully saturated rings. The van der Waals surface area contributed by atoms with E-state index in [1.165, 1.54) is 24.0 Å². The first-order valence-corrected chi connectivity index (χ1v) is 11.0. The number of amides is 1. The van der Waals surface area contributed by atoms with Crippen LogP contribution in [0.15, 0.2) is 53.7 Å². The summed E-state index contributed by atoms with van der Waals surface area (Å²) in [7, 11) is -3.66. The summed E-state index contributed by atoms with van der Waals surface area (Å²) in [5.41, 5.74) is 2.30. The highest BCUT2D eigenvalue weighted by Gasteiger charge is 2.19. The van der Waals surface area contributed by atoms with Crippen LogP contribution in [-0.4, -0.2) is 25.9 Å². The second kappa shape index (κ2) is 9.80. The number of carbonyl (C=O) groups is 1. The second-order valence-corrected chi connectivity index (χ2v) is 9.21. The lowest BCUT2D eigenvalue weighted by molar-refractivity contribution is -0.122. The number of sulfonamides is 1. The van der Waals surface area contributed by atoms with Crippen LogP contribution < -0.4 is 10.0 Å². The van der Waals surface area contributed by atoms with E-state index in [2.05, 4.69) is 41.0 Å². The van der Waals surface area contributed by atoms with Crippen molar-refractivity contribution >= 4 is 15.9 Å². The van der Waals surface area contributed by atoms with E-state index in [9.17, 15) is 13.2 Å². The number of rotatable bonds is 9. The summed E-state index contributed by atoms with van der Waals surface area (Å²) in [6.45, 7) is 8.41. The minimum absolute atomic E-state index is 0.0279. The molecular formula is C21H29N3O3S. The lowest BCUT2D eigenvalue weighted by Crippen LogP contribution is -2.34. The fourth-order valence-corrected chi connectivity index (χ4v) is 3.85. The molecule has 0 radical (unpaired) electrons. The average molecular weight is 404 g/mol. The van der Waals surface area contributed by atoms with Gasteiger partial charge in [-0.15, -0.1) is 0 Å². The molecule has 1 amide bonds. The van der Waals surface area contributed by atoms with Gasteiger partial charge >= 0.3 is 0 Å². The molecule has 1 atom stereocenters. The number of nitrogens with zero attached hydrogens (tertiary/aromatic N) is 1. The van der Waals surface area contributed by atoms with Gasteiger partial charge in [0.2, 0.25) is 15.9 Å². The van der Waals surface area contributed by atoms with E-state index in [1.54, 1.807) is 6.07 Å². The molecule has 152 valence electrons. The molecule has 1 heterocycles. The minimum atomic E-state index is -3.66. The van der Waals surface area contributed by atoms with Crippen molar-refractivity contribution in [3.05, 3.63) is 59.9 Å². The van der Waals surface area contributed by atoms with Gasteiger partial charge in [-0.1, -0.05) is 52.0 Å². The van der Waals surface area contributed by atoms with Gasteiger partial charge < -0.3 is 5.32 Å². The van der Waals surface area contributed by atoms with Crippen LogP contribution >= 0.6 is 0 Å². The van der Waals surface area contributed by atoms with Gasteiger partial charge in [0.15, 0.2) is 0 Å². The lowest BCUT2D eigenvalue weighted by Gasteiger charge is -2.23. The number of pyridine rings is 1. The highest BCUT2D eigenvalue weighted by atomic mass is 32.2. The molecule has 28 heavy (non-hydrogen) atoms. The van der Waals surface area contributed by atoms with Crippen LogP contribution in [0.25, 0.3) is 0 Å². The number of aromatic nitrogens is 1. The lowest BCUT2D eigenvalue weighted by atomic mass is 9.93. The van der Waals surface area contributed by atoms with Crippen molar-refractivity contribution in [2.75, 3.05) is 6.54 Å². The normalized spacial score (nSPS) is 12.9. The number of hydrogen-bond donors (Lipinski definition) is 2. The van der Waals surface area contributed by atoms with Gasteiger partial charge in [0.25, 0.3) is 0 Å². The van der Waals surface area contributed by atoms with Crippen molar-refractivity contribution in [3.63, 3.8) is 0 Å². The molecule has 1 aromatic heterocycles. The van der Waals surface area contributed by atoms with Crippen LogP contribution in [0, 0.1) is 5.92 Å². The highest BCUT2D eigenvalue weighted by molar-refractivity contribution is 7.89. The third-order valence-electron chi connectivity index (χ3n) is 4.53. The van der Waals surface area contributed by atoms with E-state index in [4.69, 9.17) is 0 Å². The maximum Gasteiger partial charge on any atom is 0.242 e. The predicted octanol–water partition coefficient (Wildman–Crippen LogP) is 3.39. The molecule has 0 saturated carbocycles. The number of benzene rings is 1. The summed E-state index contributed by atoms with van der Waals surface area (Å²) < 4.78 is 26.8. The molecule has 1 unspecified atom stereocenters. The first kappa shape index (κ1) is 22.0. The van der Waals surface area contributed by atoms with Gasteiger partial charge in [-0.2, -0.15) is 0 Å². The van der Waals surface area contributed by atoms with Crippen molar-refractivity contribution in [1.29, 1.82) is 0 Å². The predicted molar refractivity (Wildman–Crippen MR) is 110 cm³/mol. The van der Waals surface area contributed by atoms with Crippen LogP contribution in [0.2, 0.25) is 0 Å². The SMILES string of the molecule is CC(C)c1ccc(C(NC(=O)CCNS(=O)(=O)c2cccnc2)C(C)C)cc1. The standard InChI is InChI=1S/C21H29N3O3S/c1-15(2)17-7-9-18(10-8-17)21(16(3)4)24-20(25)11-13-23-28(26,27)19-6-5-12-22-14-19/h5-10,12,14-16,21,23H,11,13H2,1-4H3,(H,24,25). The Hall–Kier alpha value is -2.25. The Morgan fingerprint density at radius 1 is 1.04 bits per heavy atom. The van der Waals surface area contributed by atoms with Gasteiger partial charge in [-0.25, -0.2) is 13.1 Å². The molecule has 6 nitrogen and oxygen atoms in total. The van der Waals surface area contributed by atoms with E-state index in [-0.39, 0.29) is 35.7 Å². The van der Waals surface area contributed by atoms with Crippen LogP contribution in [0.4, 0.5) is 0 Å². The zero-order valence-electron chi connectivity index (χ0n) is 16.8. The van der Waals surface area contributed by atoms with Crippen molar-refractivity contribution < 1.29 is 13.2 Å². The zero-order valence-corrected chi connectivity index (χ0v) is 17.7. The van der Waals surface area contributed by atoms with Crippen LogP contribution in [0.1, 0.15) is 57.2 Å². The molecular weight excluding hydrogens is 374 g/mol. The Bertz CT molecular complexity index is 864. The van der Waals surface area contributed by atoms with Crippen molar-refractivity contribution in [2.45, 2.75) is 51.0 Å². The summed E-state index contributed by atoms with van der Waals surface area (Å²) in [5.74, 6) is 0.468. The second-order valence-electron chi connectivity index (χ2n) is 7.45. The van der Waals surface area contributed by atoms with Gasteiger partial charge in [0.1, 0.15) is 4.90 Å². The summed E-state index contributed by atoms with van der Waals surface area (Å²) in [6.07, 6.45) is 2.84. The Balaban J connectivity index is 1.94. The molecule has 0 aliphatic heterocycles. The fraction of sp³-hybridized carbons (Fsp3) is 0.429. The summed E-state index contributed by atoms with van der Waals surface area (Å²) in [4.78, 5) is 16.3. The van der Waals surface area contributed by atoms with Crippen LogP contribution in [0.3, 0.4) is 0 Å². The molecule has 0 aliphatic carbocycles. The molecule has 0 saturated heterocycles. The molecule has 2 aromatic rings. The van der Waals surface area contributed by atoms with E-state index in [1.807, 2.05) is 26.0 Å². The highest BCUT2D eigenvalue weighted by Crippen LogP contribution is 2.24. The summed E-state index contributed by atoms with van der Waals surface area (Å²) in [6, 6.07) is 11.2. The topological polar surface area (TPSA) is 88.2 Å². The first-order chi connectivity index (χ1) is 13.2. The number of hydrogen-bond acceptors (Lipinski definition) is 4. The Morgan fingerprint density at radius 3 is 2.21 bits per heavy atom. The summed E-state index contributed by atoms with van der Waals surface area (Å²) in [5, 5.41) is 3.02. The fourth-order valence-electron chi connectivity index (χ4n) is 2.86. The average Bonchev–Trinajstić information content (AvgIpc) is 2.66. The largest absolute Gasteiger partial charge is 0.349 e. The number of carbonyl (C=O) groups excluding carboxylic acids is 1. The third-order valence-corrected chi connectivity index (χ3v) is 5.98. The van der Waals surface area contributed by atoms with Gasteiger partial charge in [0.05, 0.1) is 6.04 Å². The summed E-state index contributed by atoms with van der Waals surface area (Å²) >= 11 is 0. The molecule has 0 aliphatic rings. The minimum Gasteiger partial charge on any atom is -0.349 e. The molecule has 2 N–H and O–H groups in total. The molecule has 2 rings (SSSR count). The van der Waals surface area contributed by atoms with Crippen molar-refractivity contribution in [1.82, 2.24) is 15.0 Å². The Labute approximate surface area is 167 Å². The molecule has 1 aromatic carbocycles. The van der Waals surface area contributed by atoms with Crippen molar-refractivity contribution in [2.24, 2.45) is 5.92 Å². The van der Waals surface area contributed by atoms with Gasteiger partial charge in [-0.3, -0.25) is 9.78 Å². The molecule has 7 heteroatoms. The van der Waals surface area contributed by atoms with Crippen LogP contribution in [-0.2, 0) is 14.8 Å². The zero-order chi connectivity index (χ0) is 20.7. The van der Waals surface area contributed by atoms with E-state index in [0.717, 1.165) is 5.56 Å².